The fraction of sp³-hybridized carbons (Fsp3) is 0.526. The number of nitrogens with one attached hydrogen (secondary N) is 2. The number of amides is 1. The van der Waals surface area contributed by atoms with Crippen LogP contribution in [0.4, 0.5) is 0 Å². The molecule has 1 aromatic rings. The predicted molar refractivity (Wildman–Crippen MR) is 118 cm³/mol. The minimum Gasteiger partial charge on any atom is -0.497 e. The van der Waals surface area contributed by atoms with Crippen LogP contribution in [0.1, 0.15) is 23.2 Å². The van der Waals surface area contributed by atoms with E-state index >= 15 is 0 Å². The number of esters is 1. The van der Waals surface area contributed by atoms with Gasteiger partial charge < -0.3 is 25.0 Å². The number of halogens is 1. The predicted octanol–water partition coefficient (Wildman–Crippen LogP) is 1.50. The van der Waals surface area contributed by atoms with E-state index in [0.717, 1.165) is 31.9 Å². The minimum atomic E-state index is -0.149. The van der Waals surface area contributed by atoms with E-state index in [1.54, 1.807) is 38.4 Å². The molecule has 1 heterocycles. The number of carbonyl (C=O) groups excluding carboxylic acids is 2. The van der Waals surface area contributed by atoms with E-state index in [9.17, 15) is 9.59 Å². The summed E-state index contributed by atoms with van der Waals surface area (Å²) in [5.41, 5.74) is 0.559. The molecule has 0 radical (unpaired) electrons. The molecule has 0 spiro atoms. The number of ether oxygens (including phenoxy) is 2. The van der Waals surface area contributed by atoms with Gasteiger partial charge in [-0.3, -0.25) is 14.6 Å². The first-order valence-corrected chi connectivity index (χ1v) is 9.04. The Hall–Kier alpha value is -2.04. The molecular formula is C19H29IN4O4. The largest absolute Gasteiger partial charge is 0.497 e. The van der Waals surface area contributed by atoms with Crippen molar-refractivity contribution in [3.8, 4) is 5.75 Å². The summed E-state index contributed by atoms with van der Waals surface area (Å²) >= 11 is 0. The lowest BCUT2D eigenvalue weighted by Gasteiger charge is -2.33. The third kappa shape index (κ3) is 6.84. The first-order chi connectivity index (χ1) is 13.1. The lowest BCUT2D eigenvalue weighted by molar-refractivity contribution is -0.146. The molecule has 156 valence electrons. The van der Waals surface area contributed by atoms with E-state index in [1.165, 1.54) is 7.11 Å². The number of nitrogens with zero attached hydrogens (tertiary/aromatic N) is 2. The molecule has 0 atom stereocenters. The van der Waals surface area contributed by atoms with Gasteiger partial charge in [0.2, 0.25) is 0 Å². The number of hydrogen-bond donors (Lipinski definition) is 2. The van der Waals surface area contributed by atoms with Gasteiger partial charge in [0.05, 0.1) is 20.1 Å². The zero-order chi connectivity index (χ0) is 19.6. The summed E-state index contributed by atoms with van der Waals surface area (Å²) in [6.45, 7) is 2.51. The Labute approximate surface area is 183 Å². The van der Waals surface area contributed by atoms with Gasteiger partial charge in [-0.1, -0.05) is 6.07 Å². The molecule has 1 aromatic carbocycles. The van der Waals surface area contributed by atoms with Crippen molar-refractivity contribution in [3.63, 3.8) is 0 Å². The summed E-state index contributed by atoms with van der Waals surface area (Å²) < 4.78 is 9.94. The number of methoxy groups -OCH3 is 2. The molecule has 1 aliphatic rings. The number of carbonyl (C=O) groups is 2. The third-order valence-corrected chi connectivity index (χ3v) is 4.57. The molecule has 0 unspecified atom stereocenters. The maximum atomic E-state index is 12.2. The maximum Gasteiger partial charge on any atom is 0.308 e. The number of hydrogen-bond acceptors (Lipinski definition) is 5. The molecule has 0 aromatic heterocycles. The molecule has 1 fully saturated rings. The topological polar surface area (TPSA) is 92.3 Å². The van der Waals surface area contributed by atoms with Gasteiger partial charge in [-0.15, -0.1) is 24.0 Å². The van der Waals surface area contributed by atoms with E-state index in [2.05, 4.69) is 20.5 Å². The van der Waals surface area contributed by atoms with Crippen molar-refractivity contribution in [3.05, 3.63) is 29.8 Å². The van der Waals surface area contributed by atoms with E-state index in [1.807, 2.05) is 0 Å². The number of rotatable bonds is 6. The molecule has 0 aliphatic carbocycles. The Morgan fingerprint density at radius 3 is 2.46 bits per heavy atom. The smallest absolute Gasteiger partial charge is 0.308 e. The molecule has 1 amide bonds. The highest BCUT2D eigenvalue weighted by molar-refractivity contribution is 14.0. The number of benzene rings is 1. The zero-order valence-corrected chi connectivity index (χ0v) is 18.9. The van der Waals surface area contributed by atoms with E-state index < -0.39 is 0 Å². The lowest BCUT2D eigenvalue weighted by atomic mass is 9.97. The fourth-order valence-electron chi connectivity index (χ4n) is 3.04. The molecule has 0 bridgehead atoms. The molecule has 28 heavy (non-hydrogen) atoms. The summed E-state index contributed by atoms with van der Waals surface area (Å²) in [7, 11) is 4.72. The molecule has 2 rings (SSSR count). The van der Waals surface area contributed by atoms with Crippen molar-refractivity contribution < 1.29 is 19.1 Å². The van der Waals surface area contributed by atoms with Crippen LogP contribution in [-0.4, -0.2) is 70.2 Å². The van der Waals surface area contributed by atoms with E-state index in [0.29, 0.717) is 24.4 Å². The van der Waals surface area contributed by atoms with Crippen molar-refractivity contribution in [2.75, 3.05) is 47.4 Å². The van der Waals surface area contributed by atoms with Crippen molar-refractivity contribution in [1.82, 2.24) is 15.5 Å². The first-order valence-electron chi connectivity index (χ1n) is 9.04. The number of piperidine rings is 1. The summed E-state index contributed by atoms with van der Waals surface area (Å²) in [5, 5.41) is 6.12. The molecule has 2 N–H and O–H groups in total. The zero-order valence-electron chi connectivity index (χ0n) is 16.6. The highest BCUT2D eigenvalue weighted by atomic mass is 127. The number of guanidine groups is 1. The average molecular weight is 504 g/mol. The Morgan fingerprint density at radius 1 is 1.18 bits per heavy atom. The van der Waals surface area contributed by atoms with Crippen LogP contribution < -0.4 is 15.4 Å². The Bertz CT molecular complexity index is 676. The third-order valence-electron chi connectivity index (χ3n) is 4.57. The van der Waals surface area contributed by atoms with Gasteiger partial charge in [-0.2, -0.15) is 0 Å². The second kappa shape index (κ2) is 12.4. The Morgan fingerprint density at radius 2 is 1.86 bits per heavy atom. The van der Waals surface area contributed by atoms with Crippen LogP contribution in [-0.2, 0) is 9.53 Å². The van der Waals surface area contributed by atoms with Crippen molar-refractivity contribution in [1.29, 1.82) is 0 Å². The van der Waals surface area contributed by atoms with Crippen LogP contribution in [0, 0.1) is 5.92 Å². The summed E-state index contributed by atoms with van der Waals surface area (Å²) in [4.78, 5) is 30.2. The van der Waals surface area contributed by atoms with Crippen molar-refractivity contribution >= 4 is 41.8 Å². The van der Waals surface area contributed by atoms with Gasteiger partial charge in [0, 0.05) is 38.8 Å². The quantitative estimate of drug-likeness (QED) is 0.201. The monoisotopic (exact) mass is 504 g/mol. The van der Waals surface area contributed by atoms with Gasteiger partial charge in [-0.05, 0) is 31.0 Å². The second-order valence-corrected chi connectivity index (χ2v) is 6.25. The van der Waals surface area contributed by atoms with Crippen molar-refractivity contribution in [2.24, 2.45) is 10.9 Å². The van der Waals surface area contributed by atoms with Crippen LogP contribution in [0.15, 0.2) is 29.3 Å². The van der Waals surface area contributed by atoms with Crippen LogP contribution >= 0.6 is 24.0 Å². The summed E-state index contributed by atoms with van der Waals surface area (Å²) in [6.07, 6.45) is 1.50. The normalized spacial score (nSPS) is 14.7. The molecule has 0 saturated carbocycles. The first kappa shape index (κ1) is 24.0. The van der Waals surface area contributed by atoms with Crippen LogP contribution in [0.3, 0.4) is 0 Å². The van der Waals surface area contributed by atoms with Gasteiger partial charge in [0.25, 0.3) is 5.91 Å². The lowest BCUT2D eigenvalue weighted by Crippen LogP contribution is -2.48. The molecular weight excluding hydrogens is 475 g/mol. The molecule has 8 nitrogen and oxygen atoms in total. The van der Waals surface area contributed by atoms with Gasteiger partial charge in [0.1, 0.15) is 5.75 Å². The minimum absolute atomic E-state index is 0. The van der Waals surface area contributed by atoms with Crippen molar-refractivity contribution in [2.45, 2.75) is 12.8 Å². The van der Waals surface area contributed by atoms with Gasteiger partial charge >= 0.3 is 5.97 Å². The highest BCUT2D eigenvalue weighted by Crippen LogP contribution is 2.18. The summed E-state index contributed by atoms with van der Waals surface area (Å²) in [5.74, 6) is 1.10. The van der Waals surface area contributed by atoms with E-state index in [4.69, 9.17) is 9.47 Å². The van der Waals surface area contributed by atoms with Gasteiger partial charge in [-0.25, -0.2) is 0 Å². The SMILES string of the molecule is CN=C(NCCNC(=O)c1cccc(OC)c1)N1CCC(C(=O)OC)CC1.I. The van der Waals surface area contributed by atoms with Crippen LogP contribution in [0.2, 0.25) is 0 Å². The van der Waals surface area contributed by atoms with Gasteiger partial charge in [0.15, 0.2) is 5.96 Å². The Kier molecular flexibility index (Phi) is 10.6. The highest BCUT2D eigenvalue weighted by Gasteiger charge is 2.26. The average Bonchev–Trinajstić information content (AvgIpc) is 2.73. The van der Waals surface area contributed by atoms with Crippen LogP contribution in [0.25, 0.3) is 0 Å². The van der Waals surface area contributed by atoms with E-state index in [-0.39, 0.29) is 41.8 Å². The molecule has 1 aliphatic heterocycles. The number of likely N-dealkylation sites (tertiary alicyclic amines) is 1. The Balaban J connectivity index is 0.00000392. The molecule has 9 heteroatoms. The second-order valence-electron chi connectivity index (χ2n) is 6.25. The number of aliphatic imine (C=N–C) groups is 1. The maximum absolute atomic E-state index is 12.2. The molecule has 1 saturated heterocycles. The fourth-order valence-corrected chi connectivity index (χ4v) is 3.04. The standard InChI is InChI=1S/C19H28N4O4.HI/c1-20-19(23-11-7-14(8-12-23)18(25)27-3)22-10-9-21-17(24)15-5-4-6-16(13-15)26-2;/h4-6,13-14H,7-12H2,1-3H3,(H,20,22)(H,21,24);1H. The summed E-state index contributed by atoms with van der Waals surface area (Å²) in [6, 6.07) is 7.03. The van der Waals surface area contributed by atoms with Crippen LogP contribution in [0.5, 0.6) is 5.75 Å².